The van der Waals surface area contributed by atoms with E-state index in [1.165, 1.54) is 11.3 Å². The molecule has 0 aromatic heterocycles. The summed E-state index contributed by atoms with van der Waals surface area (Å²) in [5.74, 6) is 0.847. The van der Waals surface area contributed by atoms with Gasteiger partial charge in [0.05, 0.1) is 7.11 Å². The van der Waals surface area contributed by atoms with Gasteiger partial charge < -0.3 is 9.64 Å². The second kappa shape index (κ2) is 7.01. The monoisotopic (exact) mass is 302 g/mol. The van der Waals surface area contributed by atoms with Gasteiger partial charge in [0.15, 0.2) is 0 Å². The number of ether oxygens (including phenoxy) is 1. The van der Waals surface area contributed by atoms with Crippen LogP contribution >= 0.6 is 0 Å². The van der Waals surface area contributed by atoms with Crippen molar-refractivity contribution in [1.29, 1.82) is 0 Å². The molecule has 0 unspecified atom stereocenters. The summed E-state index contributed by atoms with van der Waals surface area (Å²) in [5, 5.41) is 0. The van der Waals surface area contributed by atoms with Crippen LogP contribution in [0, 0.1) is 6.07 Å². The van der Waals surface area contributed by atoms with Crippen molar-refractivity contribution in [3.8, 4) is 16.9 Å². The third kappa shape index (κ3) is 3.54. The first-order valence-corrected chi connectivity index (χ1v) is 7.68. The topological polar surface area (TPSA) is 12.5 Å². The van der Waals surface area contributed by atoms with Gasteiger partial charge in [0.2, 0.25) is 0 Å². The lowest BCUT2D eigenvalue weighted by atomic mass is 10.0. The summed E-state index contributed by atoms with van der Waals surface area (Å²) < 4.78 is 5.34. The Bertz CT molecular complexity index is 768. The molecule has 0 amide bonds. The molecule has 0 atom stereocenters. The van der Waals surface area contributed by atoms with E-state index in [0.717, 1.165) is 23.4 Å². The van der Waals surface area contributed by atoms with Gasteiger partial charge in [-0.3, -0.25) is 0 Å². The number of para-hydroxylation sites is 1. The molecule has 0 aliphatic heterocycles. The van der Waals surface area contributed by atoms with Gasteiger partial charge in [-0.15, -0.1) is 0 Å². The third-order valence-corrected chi connectivity index (χ3v) is 3.88. The number of nitrogens with zero attached hydrogens (tertiary/aromatic N) is 1. The first kappa shape index (κ1) is 15.2. The Balaban J connectivity index is 1.94. The van der Waals surface area contributed by atoms with E-state index in [1.807, 2.05) is 24.3 Å². The van der Waals surface area contributed by atoms with Crippen LogP contribution in [0.4, 0.5) is 5.69 Å². The average molecular weight is 302 g/mol. The first-order valence-electron chi connectivity index (χ1n) is 7.68. The summed E-state index contributed by atoms with van der Waals surface area (Å²) in [7, 11) is 3.80. The molecule has 0 heterocycles. The van der Waals surface area contributed by atoms with Gasteiger partial charge in [0.1, 0.15) is 5.75 Å². The van der Waals surface area contributed by atoms with Crippen LogP contribution in [0.2, 0.25) is 0 Å². The summed E-state index contributed by atoms with van der Waals surface area (Å²) in [5.41, 5.74) is 4.67. The second-order valence-corrected chi connectivity index (χ2v) is 5.50. The molecule has 2 nitrogen and oxygen atoms in total. The number of methoxy groups -OCH3 is 1. The molecule has 0 aliphatic carbocycles. The van der Waals surface area contributed by atoms with Crippen LogP contribution in [0.3, 0.4) is 0 Å². The summed E-state index contributed by atoms with van der Waals surface area (Å²) >= 11 is 0. The first-order chi connectivity index (χ1) is 11.3. The zero-order valence-corrected chi connectivity index (χ0v) is 13.5. The SMILES string of the molecule is COc1cc[c]c(-c2ccccc2N(C)Cc2ccccc2)c1. The molecule has 0 saturated carbocycles. The van der Waals surface area contributed by atoms with E-state index in [4.69, 9.17) is 4.74 Å². The maximum Gasteiger partial charge on any atom is 0.119 e. The Labute approximate surface area is 138 Å². The maximum atomic E-state index is 5.34. The standard InChI is InChI=1S/C21H20NO/c1-22(16-17-9-4-3-5-10-17)21-14-7-6-13-20(21)18-11-8-12-19(15-18)23-2/h3-10,12-15H,16H2,1-2H3. The Morgan fingerprint density at radius 2 is 1.70 bits per heavy atom. The minimum Gasteiger partial charge on any atom is -0.497 e. The molecular formula is C21H20NO. The van der Waals surface area contributed by atoms with Crippen LogP contribution in [0.5, 0.6) is 5.75 Å². The van der Waals surface area contributed by atoms with Gasteiger partial charge in [0, 0.05) is 24.8 Å². The molecule has 3 rings (SSSR count). The zero-order valence-electron chi connectivity index (χ0n) is 13.5. The van der Waals surface area contributed by atoms with Crippen molar-refractivity contribution in [2.75, 3.05) is 19.1 Å². The summed E-state index contributed by atoms with van der Waals surface area (Å²) in [4.78, 5) is 2.26. The van der Waals surface area contributed by atoms with Crippen molar-refractivity contribution in [2.24, 2.45) is 0 Å². The lowest BCUT2D eigenvalue weighted by Crippen LogP contribution is -2.17. The summed E-state index contributed by atoms with van der Waals surface area (Å²) in [6, 6.07) is 28.0. The van der Waals surface area contributed by atoms with E-state index >= 15 is 0 Å². The highest BCUT2D eigenvalue weighted by molar-refractivity contribution is 5.78. The summed E-state index contributed by atoms with van der Waals surface area (Å²) in [6.45, 7) is 0.863. The number of benzene rings is 3. The van der Waals surface area contributed by atoms with Crippen molar-refractivity contribution in [3.63, 3.8) is 0 Å². The van der Waals surface area contributed by atoms with Gasteiger partial charge in [-0.25, -0.2) is 0 Å². The van der Waals surface area contributed by atoms with Crippen LogP contribution in [0.1, 0.15) is 5.56 Å². The van der Waals surface area contributed by atoms with Crippen LogP contribution in [-0.2, 0) is 6.54 Å². The molecule has 3 aromatic carbocycles. The molecular weight excluding hydrogens is 282 g/mol. The number of hydrogen-bond donors (Lipinski definition) is 0. The van der Waals surface area contributed by atoms with Crippen molar-refractivity contribution in [1.82, 2.24) is 0 Å². The van der Waals surface area contributed by atoms with Crippen molar-refractivity contribution in [2.45, 2.75) is 6.54 Å². The lowest BCUT2D eigenvalue weighted by Gasteiger charge is -2.23. The van der Waals surface area contributed by atoms with E-state index < -0.39 is 0 Å². The molecule has 115 valence electrons. The fourth-order valence-corrected chi connectivity index (χ4v) is 2.70. The van der Waals surface area contributed by atoms with Gasteiger partial charge in [-0.05, 0) is 35.4 Å². The molecule has 3 aromatic rings. The van der Waals surface area contributed by atoms with Crippen LogP contribution in [-0.4, -0.2) is 14.2 Å². The number of rotatable bonds is 5. The zero-order chi connectivity index (χ0) is 16.1. The quantitative estimate of drug-likeness (QED) is 0.671. The Morgan fingerprint density at radius 1 is 0.957 bits per heavy atom. The Kier molecular flexibility index (Phi) is 4.62. The predicted molar refractivity (Wildman–Crippen MR) is 95.8 cm³/mol. The van der Waals surface area contributed by atoms with Gasteiger partial charge >= 0.3 is 0 Å². The van der Waals surface area contributed by atoms with Crippen LogP contribution < -0.4 is 9.64 Å². The normalized spacial score (nSPS) is 10.3. The van der Waals surface area contributed by atoms with Gasteiger partial charge in [0.25, 0.3) is 0 Å². The highest BCUT2D eigenvalue weighted by Gasteiger charge is 2.10. The van der Waals surface area contributed by atoms with E-state index in [1.54, 1.807) is 7.11 Å². The van der Waals surface area contributed by atoms with Crippen LogP contribution in [0.15, 0.2) is 72.8 Å². The van der Waals surface area contributed by atoms with E-state index in [9.17, 15) is 0 Å². The highest BCUT2D eigenvalue weighted by atomic mass is 16.5. The minimum absolute atomic E-state index is 0.847. The number of anilines is 1. The fourth-order valence-electron chi connectivity index (χ4n) is 2.70. The van der Waals surface area contributed by atoms with E-state index in [0.29, 0.717) is 0 Å². The third-order valence-electron chi connectivity index (χ3n) is 3.88. The molecule has 0 bridgehead atoms. The molecule has 0 N–H and O–H groups in total. The lowest BCUT2D eigenvalue weighted by molar-refractivity contribution is 0.415. The Morgan fingerprint density at radius 3 is 2.48 bits per heavy atom. The van der Waals surface area contributed by atoms with Gasteiger partial charge in [-0.1, -0.05) is 54.6 Å². The molecule has 0 saturated heterocycles. The predicted octanol–water partition coefficient (Wildman–Crippen LogP) is 4.80. The molecule has 0 spiro atoms. The molecule has 0 aliphatic rings. The fraction of sp³-hybridized carbons (Fsp3) is 0.143. The van der Waals surface area contributed by atoms with E-state index in [2.05, 4.69) is 66.5 Å². The van der Waals surface area contributed by atoms with Gasteiger partial charge in [-0.2, -0.15) is 0 Å². The average Bonchev–Trinajstić information content (AvgIpc) is 2.62. The van der Waals surface area contributed by atoms with Crippen LogP contribution in [0.25, 0.3) is 11.1 Å². The largest absolute Gasteiger partial charge is 0.497 e. The number of hydrogen-bond acceptors (Lipinski definition) is 2. The molecule has 2 heteroatoms. The molecule has 23 heavy (non-hydrogen) atoms. The molecule has 0 fully saturated rings. The second-order valence-electron chi connectivity index (χ2n) is 5.50. The maximum absolute atomic E-state index is 5.34. The molecule has 1 radical (unpaired) electrons. The summed E-state index contributed by atoms with van der Waals surface area (Å²) in [6.07, 6.45) is 0. The van der Waals surface area contributed by atoms with Crippen molar-refractivity contribution >= 4 is 5.69 Å². The van der Waals surface area contributed by atoms with E-state index in [-0.39, 0.29) is 0 Å². The highest BCUT2D eigenvalue weighted by Crippen LogP contribution is 2.32. The van der Waals surface area contributed by atoms with Crippen molar-refractivity contribution in [3.05, 3.63) is 84.4 Å². The van der Waals surface area contributed by atoms with Crippen molar-refractivity contribution < 1.29 is 4.74 Å². The Hall–Kier alpha value is -2.74. The minimum atomic E-state index is 0.847. The smallest absolute Gasteiger partial charge is 0.119 e.